The van der Waals surface area contributed by atoms with Crippen molar-refractivity contribution in [1.82, 2.24) is 24.1 Å². The zero-order valence-electron chi connectivity index (χ0n) is 15.7. The summed E-state index contributed by atoms with van der Waals surface area (Å²) in [4.78, 5) is 44.1. The first kappa shape index (κ1) is 20.9. The third-order valence-corrected chi connectivity index (χ3v) is 4.36. The number of hydrogen-bond acceptors (Lipinski definition) is 6. The molecule has 164 valence electrons. The monoisotopic (exact) mass is 449 g/mol. The number of aromatic nitrogens is 5. The van der Waals surface area contributed by atoms with Crippen LogP contribution in [-0.4, -0.2) is 36.0 Å². The van der Waals surface area contributed by atoms with Crippen molar-refractivity contribution in [3.8, 4) is 0 Å². The second-order valence-electron chi connectivity index (χ2n) is 6.53. The first-order chi connectivity index (χ1) is 15.0. The van der Waals surface area contributed by atoms with Crippen LogP contribution in [0.5, 0.6) is 0 Å². The molecule has 4 heterocycles. The summed E-state index contributed by atoms with van der Waals surface area (Å²) in [6, 6.07) is 4.81. The second kappa shape index (κ2) is 7.40. The van der Waals surface area contributed by atoms with E-state index in [-0.39, 0.29) is 22.5 Å². The van der Waals surface area contributed by atoms with Crippen LogP contribution < -0.4 is 16.6 Å². The van der Waals surface area contributed by atoms with Crippen LogP contribution >= 0.6 is 0 Å². The molecule has 0 aliphatic carbocycles. The fraction of sp³-hybridized carbons (Fsp3) is 0.111. The van der Waals surface area contributed by atoms with E-state index in [1.807, 2.05) is 0 Å². The zero-order valence-corrected chi connectivity index (χ0v) is 15.7. The van der Waals surface area contributed by atoms with Crippen LogP contribution in [-0.2, 0) is 17.5 Å². The van der Waals surface area contributed by atoms with E-state index in [0.717, 1.165) is 33.5 Å². The standard InChI is InChI=1S/C18H11F4N7O3/c19-8-1-4-12(24-6-8)26-13(30)7-28-14-5-10(15(23)31)27-29(14)16-9(17(28)32)2-3-11(25-16)18(20,21)22/h1-6H,7H2,(H2,23,31)(H,24,26,30). The lowest BCUT2D eigenvalue weighted by molar-refractivity contribution is -0.141. The maximum Gasteiger partial charge on any atom is 0.433 e. The van der Waals surface area contributed by atoms with Gasteiger partial charge in [-0.15, -0.1) is 0 Å². The van der Waals surface area contributed by atoms with Crippen molar-refractivity contribution in [2.24, 2.45) is 5.73 Å². The van der Waals surface area contributed by atoms with Crippen molar-refractivity contribution >= 4 is 34.3 Å². The highest BCUT2D eigenvalue weighted by Gasteiger charge is 2.33. The fourth-order valence-corrected chi connectivity index (χ4v) is 2.95. The normalized spacial score (nSPS) is 11.8. The van der Waals surface area contributed by atoms with Crippen molar-refractivity contribution in [2.75, 3.05) is 5.32 Å². The van der Waals surface area contributed by atoms with Crippen LogP contribution in [0.25, 0.3) is 16.7 Å². The SMILES string of the molecule is NC(=O)c1cc2n(CC(=O)Nc3ccc(F)cn3)c(=O)c3ccc(C(F)(F)F)nc3n2n1. The molecule has 0 aromatic carbocycles. The van der Waals surface area contributed by atoms with E-state index in [0.29, 0.717) is 6.07 Å². The smallest absolute Gasteiger partial charge is 0.364 e. The van der Waals surface area contributed by atoms with E-state index in [4.69, 9.17) is 5.73 Å². The van der Waals surface area contributed by atoms with Crippen molar-refractivity contribution in [3.63, 3.8) is 0 Å². The molecule has 32 heavy (non-hydrogen) atoms. The molecule has 10 nitrogen and oxygen atoms in total. The van der Waals surface area contributed by atoms with Gasteiger partial charge in [0.15, 0.2) is 11.3 Å². The van der Waals surface area contributed by atoms with Crippen LogP contribution in [0.15, 0.2) is 41.3 Å². The molecule has 4 aromatic rings. The topological polar surface area (TPSA) is 137 Å². The van der Waals surface area contributed by atoms with Crippen LogP contribution in [0, 0.1) is 5.82 Å². The highest BCUT2D eigenvalue weighted by Crippen LogP contribution is 2.28. The van der Waals surface area contributed by atoms with Crippen molar-refractivity contribution in [2.45, 2.75) is 12.7 Å². The van der Waals surface area contributed by atoms with Crippen molar-refractivity contribution in [3.05, 3.63) is 64.1 Å². The van der Waals surface area contributed by atoms with Gasteiger partial charge in [-0.1, -0.05) is 0 Å². The summed E-state index contributed by atoms with van der Waals surface area (Å²) in [6.07, 6.45) is -3.92. The lowest BCUT2D eigenvalue weighted by Gasteiger charge is -2.12. The van der Waals surface area contributed by atoms with Crippen molar-refractivity contribution in [1.29, 1.82) is 0 Å². The summed E-state index contributed by atoms with van der Waals surface area (Å²) in [6.45, 7) is -0.623. The maximum absolute atomic E-state index is 13.1. The van der Waals surface area contributed by atoms with Crippen LogP contribution in [0.1, 0.15) is 16.2 Å². The molecule has 0 spiro atoms. The van der Waals surface area contributed by atoms with E-state index in [9.17, 15) is 31.9 Å². The quantitative estimate of drug-likeness (QED) is 0.451. The average molecular weight is 449 g/mol. The fourth-order valence-electron chi connectivity index (χ4n) is 2.95. The number of amides is 2. The largest absolute Gasteiger partial charge is 0.433 e. The number of fused-ring (bicyclic) bond motifs is 3. The van der Waals surface area contributed by atoms with E-state index in [1.165, 1.54) is 6.07 Å². The molecule has 0 atom stereocenters. The number of nitrogens with one attached hydrogen (secondary N) is 1. The number of alkyl halides is 3. The van der Waals surface area contributed by atoms with Crippen LogP contribution in [0.2, 0.25) is 0 Å². The van der Waals surface area contributed by atoms with Gasteiger partial charge in [0.2, 0.25) is 5.91 Å². The summed E-state index contributed by atoms with van der Waals surface area (Å²) >= 11 is 0. The van der Waals surface area contributed by atoms with Gasteiger partial charge in [0, 0.05) is 6.07 Å². The number of carbonyl (C=O) groups excluding carboxylic acids is 2. The molecule has 3 N–H and O–H groups in total. The number of primary amides is 1. The van der Waals surface area contributed by atoms with Crippen LogP contribution in [0.3, 0.4) is 0 Å². The molecule has 4 aromatic heterocycles. The van der Waals surface area contributed by atoms with Gasteiger partial charge in [-0.3, -0.25) is 19.0 Å². The Kier molecular flexibility index (Phi) is 4.83. The lowest BCUT2D eigenvalue weighted by atomic mass is 10.2. The van der Waals surface area contributed by atoms with Crippen molar-refractivity contribution < 1.29 is 27.2 Å². The number of pyridine rings is 2. The Morgan fingerprint density at radius 2 is 1.91 bits per heavy atom. The predicted molar refractivity (Wildman–Crippen MR) is 101 cm³/mol. The van der Waals surface area contributed by atoms with Gasteiger partial charge in [0.25, 0.3) is 11.5 Å². The Morgan fingerprint density at radius 3 is 2.53 bits per heavy atom. The second-order valence-corrected chi connectivity index (χ2v) is 6.53. The number of halogens is 4. The molecule has 0 aliphatic rings. The van der Waals surface area contributed by atoms with Gasteiger partial charge in [-0.25, -0.2) is 14.4 Å². The van der Waals surface area contributed by atoms with Gasteiger partial charge in [0.1, 0.15) is 29.5 Å². The summed E-state index contributed by atoms with van der Waals surface area (Å²) in [5.41, 5.74) is 2.06. The van der Waals surface area contributed by atoms with Gasteiger partial charge in [-0.2, -0.15) is 22.8 Å². The Labute approximate surface area is 174 Å². The zero-order chi connectivity index (χ0) is 23.2. The number of anilines is 1. The minimum atomic E-state index is -4.79. The molecule has 0 saturated heterocycles. The summed E-state index contributed by atoms with van der Waals surface area (Å²) in [7, 11) is 0. The summed E-state index contributed by atoms with van der Waals surface area (Å²) in [5.74, 6) is -2.38. The molecule has 0 unspecified atom stereocenters. The molecule has 0 fully saturated rings. The minimum Gasteiger partial charge on any atom is -0.364 e. The summed E-state index contributed by atoms with van der Waals surface area (Å²) in [5, 5.41) is 5.91. The first-order valence-corrected chi connectivity index (χ1v) is 8.76. The van der Waals surface area contributed by atoms with E-state index in [1.54, 1.807) is 0 Å². The Bertz CT molecular complexity index is 1440. The molecule has 0 radical (unpaired) electrons. The van der Waals surface area contributed by atoms with Gasteiger partial charge >= 0.3 is 6.18 Å². The Hall–Kier alpha value is -4.36. The highest BCUT2D eigenvalue weighted by molar-refractivity contribution is 5.93. The molecule has 0 aliphatic heterocycles. The number of rotatable bonds is 4. The molecular weight excluding hydrogens is 438 g/mol. The summed E-state index contributed by atoms with van der Waals surface area (Å²) < 4.78 is 54.0. The van der Waals surface area contributed by atoms with E-state index in [2.05, 4.69) is 20.4 Å². The predicted octanol–water partition coefficient (Wildman–Crippen LogP) is 1.33. The number of nitrogens with two attached hydrogens (primary N) is 1. The van der Waals surface area contributed by atoms with Crippen LogP contribution in [0.4, 0.5) is 23.4 Å². The van der Waals surface area contributed by atoms with E-state index < -0.39 is 47.3 Å². The average Bonchev–Trinajstić information content (AvgIpc) is 3.18. The Morgan fingerprint density at radius 1 is 1.16 bits per heavy atom. The Balaban J connectivity index is 1.86. The molecular formula is C18H11F4N7O3. The molecule has 2 amide bonds. The third kappa shape index (κ3) is 3.73. The number of nitrogens with zero attached hydrogens (tertiary/aromatic N) is 5. The first-order valence-electron chi connectivity index (χ1n) is 8.76. The van der Waals surface area contributed by atoms with Gasteiger partial charge < -0.3 is 11.1 Å². The van der Waals surface area contributed by atoms with Gasteiger partial charge in [-0.05, 0) is 24.3 Å². The molecule has 0 saturated carbocycles. The molecule has 4 rings (SSSR count). The molecule has 0 bridgehead atoms. The minimum absolute atomic E-state index is 0.00377. The number of hydrogen-bond donors (Lipinski definition) is 2. The number of carbonyl (C=O) groups is 2. The van der Waals surface area contributed by atoms with Gasteiger partial charge in [0.05, 0.1) is 11.6 Å². The lowest BCUT2D eigenvalue weighted by Crippen LogP contribution is -2.30. The third-order valence-electron chi connectivity index (χ3n) is 4.36. The highest BCUT2D eigenvalue weighted by atomic mass is 19.4. The van der Waals surface area contributed by atoms with E-state index >= 15 is 0 Å². The maximum atomic E-state index is 13.1. The molecule has 14 heteroatoms.